The molecule has 0 fully saturated rings. The zero-order valence-corrected chi connectivity index (χ0v) is 28.9. The number of aromatic hydroxyl groups is 2. The van der Waals surface area contributed by atoms with E-state index in [1.54, 1.807) is 0 Å². The van der Waals surface area contributed by atoms with Crippen molar-refractivity contribution in [3.8, 4) is 11.5 Å². The second-order valence-corrected chi connectivity index (χ2v) is 14.5. The van der Waals surface area contributed by atoms with E-state index in [2.05, 4.69) is 21.3 Å². The number of hydrogen-bond acceptors (Lipinski definition) is 10. The molecule has 4 amide bonds. The molecular weight excluding hydrogens is 745 g/mol. The molecule has 0 saturated heterocycles. The molecule has 0 heterocycles. The molecule has 0 aliphatic carbocycles. The van der Waals surface area contributed by atoms with E-state index < -0.39 is 53.7 Å². The highest BCUT2D eigenvalue weighted by molar-refractivity contribution is 7.86. The minimum atomic E-state index is -4.69. The number of amides is 4. The fourth-order valence-corrected chi connectivity index (χ4v) is 6.49. The number of benzene rings is 6. The lowest BCUT2D eigenvalue weighted by Crippen LogP contribution is -2.29. The molecule has 0 aromatic heterocycles. The van der Waals surface area contributed by atoms with Crippen LogP contribution in [-0.2, 0) is 29.8 Å². The zero-order chi connectivity index (χ0) is 38.9. The molecular formula is C36H26N4O12S2. The van der Waals surface area contributed by atoms with Gasteiger partial charge in [0.15, 0.2) is 0 Å². The van der Waals surface area contributed by atoms with Crippen LogP contribution in [0.2, 0.25) is 0 Å². The molecule has 0 bridgehead atoms. The van der Waals surface area contributed by atoms with Gasteiger partial charge in [-0.1, -0.05) is 12.1 Å². The molecule has 0 radical (unpaired) electrons. The van der Waals surface area contributed by atoms with E-state index in [1.807, 2.05) is 0 Å². The highest BCUT2D eigenvalue weighted by Gasteiger charge is 2.20. The first-order valence-corrected chi connectivity index (χ1v) is 18.3. The SMILES string of the molecule is O=C(Nc1cccc(C(=O)Nc2cc(S(=O)(=O)O)cc3cc(O)ccc23)c1)C(=O)Nc1cccc(C(=O)Nc2cc(S(=O)(=O)O)cc3cc(O)ccc23)c1. The predicted octanol–water partition coefficient (Wildman–Crippen LogP) is 4.98. The number of phenols is 2. The Morgan fingerprint density at radius 3 is 1.22 bits per heavy atom. The molecule has 6 aromatic carbocycles. The van der Waals surface area contributed by atoms with E-state index >= 15 is 0 Å². The van der Waals surface area contributed by atoms with Crippen LogP contribution in [0.25, 0.3) is 21.5 Å². The van der Waals surface area contributed by atoms with Crippen molar-refractivity contribution >= 4 is 88.2 Å². The highest BCUT2D eigenvalue weighted by atomic mass is 32.2. The maximum atomic E-state index is 13.2. The zero-order valence-electron chi connectivity index (χ0n) is 27.3. The summed E-state index contributed by atoms with van der Waals surface area (Å²) in [7, 11) is -9.37. The van der Waals surface area contributed by atoms with Gasteiger partial charge in [0.05, 0.1) is 21.2 Å². The van der Waals surface area contributed by atoms with Crippen molar-refractivity contribution in [2.75, 3.05) is 21.3 Å². The fraction of sp³-hybridized carbons (Fsp3) is 0. The van der Waals surface area contributed by atoms with Gasteiger partial charge in [0.25, 0.3) is 32.1 Å². The van der Waals surface area contributed by atoms with Gasteiger partial charge in [-0.3, -0.25) is 28.3 Å². The van der Waals surface area contributed by atoms with Crippen LogP contribution in [0.4, 0.5) is 22.7 Å². The van der Waals surface area contributed by atoms with E-state index in [1.165, 1.54) is 84.9 Å². The molecule has 0 saturated carbocycles. The second kappa shape index (κ2) is 14.3. The highest BCUT2D eigenvalue weighted by Crippen LogP contribution is 2.32. The summed E-state index contributed by atoms with van der Waals surface area (Å²) in [6, 6.07) is 23.2. The first-order chi connectivity index (χ1) is 25.4. The van der Waals surface area contributed by atoms with Gasteiger partial charge < -0.3 is 31.5 Å². The van der Waals surface area contributed by atoms with Crippen molar-refractivity contribution in [3.63, 3.8) is 0 Å². The molecule has 0 spiro atoms. The average Bonchev–Trinajstić information content (AvgIpc) is 3.10. The Morgan fingerprint density at radius 2 is 0.852 bits per heavy atom. The van der Waals surface area contributed by atoms with E-state index in [9.17, 15) is 55.3 Å². The van der Waals surface area contributed by atoms with Crippen molar-refractivity contribution in [1.82, 2.24) is 0 Å². The average molecular weight is 771 g/mol. The summed E-state index contributed by atoms with van der Waals surface area (Å²) in [5, 5.41) is 30.6. The van der Waals surface area contributed by atoms with Crippen LogP contribution in [0.15, 0.2) is 119 Å². The van der Waals surface area contributed by atoms with Gasteiger partial charge in [-0.2, -0.15) is 16.8 Å². The lowest BCUT2D eigenvalue weighted by Gasteiger charge is -2.13. The summed E-state index contributed by atoms with van der Waals surface area (Å²) >= 11 is 0. The van der Waals surface area contributed by atoms with Crippen LogP contribution < -0.4 is 21.3 Å². The summed E-state index contributed by atoms with van der Waals surface area (Å²) in [5.74, 6) is -4.15. The summed E-state index contributed by atoms with van der Waals surface area (Å²) in [4.78, 5) is 51.0. The molecule has 8 N–H and O–H groups in total. The number of carbonyl (C=O) groups excluding carboxylic acids is 4. The summed E-state index contributed by atoms with van der Waals surface area (Å²) in [6.45, 7) is 0. The Hall–Kier alpha value is -6.86. The monoisotopic (exact) mass is 770 g/mol. The molecule has 274 valence electrons. The van der Waals surface area contributed by atoms with Gasteiger partial charge in [-0.05, 0) is 108 Å². The first kappa shape index (κ1) is 36.9. The molecule has 54 heavy (non-hydrogen) atoms. The number of carbonyl (C=O) groups is 4. The number of hydrogen-bond donors (Lipinski definition) is 8. The molecule has 0 unspecified atom stereocenters. The van der Waals surface area contributed by atoms with Crippen LogP contribution in [0.3, 0.4) is 0 Å². The van der Waals surface area contributed by atoms with Gasteiger partial charge >= 0.3 is 11.8 Å². The Bertz CT molecular complexity index is 2600. The third kappa shape index (κ3) is 8.27. The summed E-state index contributed by atoms with van der Waals surface area (Å²) in [5.41, 5.74) is 0.0333. The van der Waals surface area contributed by atoms with Crippen molar-refractivity contribution in [2.24, 2.45) is 0 Å². The number of fused-ring (bicyclic) bond motifs is 2. The molecule has 6 aromatic rings. The van der Waals surface area contributed by atoms with E-state index in [0.29, 0.717) is 10.8 Å². The van der Waals surface area contributed by atoms with Gasteiger partial charge in [0.1, 0.15) is 11.5 Å². The van der Waals surface area contributed by atoms with Crippen LogP contribution in [-0.4, -0.2) is 59.8 Å². The van der Waals surface area contributed by atoms with Crippen LogP contribution in [0.5, 0.6) is 11.5 Å². The molecule has 16 nitrogen and oxygen atoms in total. The normalized spacial score (nSPS) is 11.5. The third-order valence-electron chi connectivity index (χ3n) is 7.88. The van der Waals surface area contributed by atoms with Crippen LogP contribution >= 0.6 is 0 Å². The third-order valence-corrected chi connectivity index (χ3v) is 9.55. The topological polar surface area (TPSA) is 266 Å². The maximum Gasteiger partial charge on any atom is 0.314 e. The molecule has 0 atom stereocenters. The van der Waals surface area contributed by atoms with Crippen molar-refractivity contribution in [1.29, 1.82) is 0 Å². The van der Waals surface area contributed by atoms with Crippen molar-refractivity contribution < 1.29 is 55.3 Å². The number of phenolic OH excluding ortho intramolecular Hbond substituents is 2. The van der Waals surface area contributed by atoms with Gasteiger partial charge in [0, 0.05) is 33.3 Å². The van der Waals surface area contributed by atoms with E-state index in [-0.39, 0.29) is 56.1 Å². The number of rotatable bonds is 8. The van der Waals surface area contributed by atoms with Crippen molar-refractivity contribution in [3.05, 3.63) is 120 Å². The predicted molar refractivity (Wildman–Crippen MR) is 197 cm³/mol. The standard InChI is InChI=1S/C36H26N4O12S2/c41-25-7-9-29-21(13-25)15-27(53(47,48)49)17-31(29)39-33(43)19-3-1-5-23(11-19)37-35(45)36(46)38-24-6-2-4-20(12-24)34(44)40-32-18-28(54(50,51)52)16-22-14-26(42)8-10-30(22)32/h1-18,41-42H,(H,37,45)(H,38,46)(H,39,43)(H,40,44)(H,47,48,49)(H,50,51,52). The molecule has 18 heteroatoms. The number of nitrogens with one attached hydrogen (secondary N) is 4. The molecule has 0 aliphatic rings. The Balaban J connectivity index is 1.15. The molecule has 0 aliphatic heterocycles. The maximum absolute atomic E-state index is 13.2. The van der Waals surface area contributed by atoms with Gasteiger partial charge in [-0.15, -0.1) is 0 Å². The number of anilines is 4. The minimum absolute atomic E-state index is 0.00452. The fourth-order valence-electron chi connectivity index (χ4n) is 5.41. The minimum Gasteiger partial charge on any atom is -0.508 e. The van der Waals surface area contributed by atoms with Crippen molar-refractivity contribution in [2.45, 2.75) is 9.79 Å². The molecule has 6 rings (SSSR count). The Labute approximate surface area is 305 Å². The first-order valence-electron chi connectivity index (χ1n) is 15.4. The summed E-state index contributed by atoms with van der Waals surface area (Å²) < 4.78 is 66.6. The van der Waals surface area contributed by atoms with Gasteiger partial charge in [0.2, 0.25) is 0 Å². The lowest BCUT2D eigenvalue weighted by atomic mass is 10.1. The van der Waals surface area contributed by atoms with E-state index in [0.717, 1.165) is 24.3 Å². The Kier molecular flexibility index (Phi) is 9.76. The van der Waals surface area contributed by atoms with Gasteiger partial charge in [-0.25, -0.2) is 0 Å². The van der Waals surface area contributed by atoms with E-state index in [4.69, 9.17) is 0 Å². The largest absolute Gasteiger partial charge is 0.508 e. The lowest BCUT2D eigenvalue weighted by molar-refractivity contribution is -0.132. The van der Waals surface area contributed by atoms with Crippen LogP contribution in [0.1, 0.15) is 20.7 Å². The quantitative estimate of drug-likeness (QED) is 0.0753. The Morgan fingerprint density at radius 1 is 0.463 bits per heavy atom. The van der Waals surface area contributed by atoms with Crippen LogP contribution in [0, 0.1) is 0 Å². The summed E-state index contributed by atoms with van der Waals surface area (Å²) in [6.07, 6.45) is 0. The smallest absolute Gasteiger partial charge is 0.314 e. The second-order valence-electron chi connectivity index (χ2n) is 11.7.